The number of hydrogen-bond acceptors (Lipinski definition) is 2. The van der Waals surface area contributed by atoms with Crippen molar-refractivity contribution in [2.75, 3.05) is 0 Å². The predicted molar refractivity (Wildman–Crippen MR) is 267 cm³/mol. The first kappa shape index (κ1) is 36.1. The van der Waals surface area contributed by atoms with Crippen LogP contribution in [0.1, 0.15) is 0 Å². The van der Waals surface area contributed by atoms with Crippen molar-refractivity contribution < 1.29 is 0 Å². The van der Waals surface area contributed by atoms with Crippen molar-refractivity contribution in [2.24, 2.45) is 0 Å². The minimum atomic E-state index is 0.932. The lowest BCUT2D eigenvalue weighted by Gasteiger charge is -2.14. The van der Waals surface area contributed by atoms with Gasteiger partial charge in [-0.3, -0.25) is 4.98 Å². The minimum Gasteiger partial charge on any atom is -0.309 e. The fourth-order valence-corrected chi connectivity index (χ4v) is 9.88. The number of hydrogen-bond donors (Lipinski definition) is 0. The third-order valence-electron chi connectivity index (χ3n) is 12.9. The van der Waals surface area contributed by atoms with Gasteiger partial charge in [-0.25, -0.2) is 4.98 Å². The Balaban J connectivity index is 1.00. The van der Waals surface area contributed by atoms with Gasteiger partial charge < -0.3 is 9.13 Å². The van der Waals surface area contributed by atoms with E-state index in [-0.39, 0.29) is 0 Å². The standard InChI is InChI=1S/C60H38N4/c1-3-17-46(18-4-1)63-57-24-11-8-21-48(57)52-35-41(27-30-59(52)63)40-26-29-55-51(34-40)50(42-16-13-15-39(32-42)45-33-43-14-7-10-23-54(43)61-38-45)37-56(62-55)44-28-31-60-53(36-44)49-22-9-12-25-58(49)64(60)47-19-5-2-6-20-47/h1-38H. The average Bonchev–Trinajstić information content (AvgIpc) is 3.88. The highest BCUT2D eigenvalue weighted by Gasteiger charge is 2.18. The van der Waals surface area contributed by atoms with E-state index < -0.39 is 0 Å². The average molecular weight is 815 g/mol. The van der Waals surface area contributed by atoms with Crippen LogP contribution >= 0.6 is 0 Å². The summed E-state index contributed by atoms with van der Waals surface area (Å²) in [5.74, 6) is 0. The Hall–Kier alpha value is -8.60. The molecule has 0 aliphatic rings. The fourth-order valence-electron chi connectivity index (χ4n) is 9.88. The number of pyridine rings is 2. The zero-order valence-electron chi connectivity index (χ0n) is 34.7. The van der Waals surface area contributed by atoms with Gasteiger partial charge in [0.2, 0.25) is 0 Å². The van der Waals surface area contributed by atoms with Crippen molar-refractivity contribution in [1.82, 2.24) is 19.1 Å². The molecule has 0 saturated heterocycles. The topological polar surface area (TPSA) is 35.6 Å². The molecule has 4 nitrogen and oxygen atoms in total. The highest BCUT2D eigenvalue weighted by Crippen LogP contribution is 2.41. The molecule has 0 amide bonds. The molecule has 0 fully saturated rings. The summed E-state index contributed by atoms with van der Waals surface area (Å²) in [5.41, 5.74) is 17.8. The molecule has 0 N–H and O–H groups in total. The summed E-state index contributed by atoms with van der Waals surface area (Å²) in [5, 5.41) is 7.11. The molecule has 298 valence electrons. The number of fused-ring (bicyclic) bond motifs is 8. The zero-order chi connectivity index (χ0) is 42.1. The molecule has 0 aliphatic carbocycles. The summed E-state index contributed by atoms with van der Waals surface area (Å²) < 4.78 is 4.73. The first-order chi connectivity index (χ1) is 31.7. The number of rotatable bonds is 6. The molecule has 4 heteroatoms. The van der Waals surface area contributed by atoms with Gasteiger partial charge in [-0.05, 0) is 125 Å². The van der Waals surface area contributed by atoms with Gasteiger partial charge in [0.25, 0.3) is 0 Å². The summed E-state index contributed by atoms with van der Waals surface area (Å²) in [7, 11) is 0. The molecule has 13 aromatic rings. The lowest BCUT2D eigenvalue weighted by molar-refractivity contribution is 1.18. The van der Waals surface area contributed by atoms with E-state index in [1.54, 1.807) is 0 Å². The molecule has 9 aromatic carbocycles. The third kappa shape index (κ3) is 5.84. The Morgan fingerprint density at radius 2 is 0.828 bits per heavy atom. The van der Waals surface area contributed by atoms with Crippen LogP contribution in [-0.2, 0) is 0 Å². The molecule has 0 bridgehead atoms. The van der Waals surface area contributed by atoms with E-state index in [0.29, 0.717) is 0 Å². The van der Waals surface area contributed by atoms with Gasteiger partial charge in [-0.15, -0.1) is 0 Å². The minimum absolute atomic E-state index is 0.932. The van der Waals surface area contributed by atoms with Gasteiger partial charge in [0.1, 0.15) is 0 Å². The second kappa shape index (κ2) is 14.5. The molecule has 0 spiro atoms. The van der Waals surface area contributed by atoms with Crippen LogP contribution in [0.25, 0.3) is 121 Å². The van der Waals surface area contributed by atoms with E-state index >= 15 is 0 Å². The maximum absolute atomic E-state index is 5.44. The Morgan fingerprint density at radius 1 is 0.297 bits per heavy atom. The van der Waals surface area contributed by atoms with Gasteiger partial charge in [-0.1, -0.05) is 127 Å². The summed E-state index contributed by atoms with van der Waals surface area (Å²) >= 11 is 0. The van der Waals surface area contributed by atoms with Crippen molar-refractivity contribution in [3.8, 4) is 56.0 Å². The quantitative estimate of drug-likeness (QED) is 0.168. The molecule has 0 saturated carbocycles. The molecule has 0 radical (unpaired) electrons. The second-order valence-electron chi connectivity index (χ2n) is 16.6. The van der Waals surface area contributed by atoms with Crippen LogP contribution in [0.3, 0.4) is 0 Å². The van der Waals surface area contributed by atoms with Crippen molar-refractivity contribution in [2.45, 2.75) is 0 Å². The number of benzene rings is 9. The lowest BCUT2D eigenvalue weighted by atomic mass is 9.93. The van der Waals surface area contributed by atoms with Crippen LogP contribution < -0.4 is 0 Å². The summed E-state index contributed by atoms with van der Waals surface area (Å²) in [4.78, 5) is 10.3. The monoisotopic (exact) mass is 814 g/mol. The smallest absolute Gasteiger partial charge is 0.0716 e. The zero-order valence-corrected chi connectivity index (χ0v) is 34.7. The normalized spacial score (nSPS) is 11.8. The van der Waals surface area contributed by atoms with Crippen LogP contribution in [-0.4, -0.2) is 19.1 Å². The Kier molecular flexibility index (Phi) is 8.18. The van der Waals surface area contributed by atoms with Crippen LogP contribution in [0.15, 0.2) is 231 Å². The van der Waals surface area contributed by atoms with Crippen molar-refractivity contribution in [1.29, 1.82) is 0 Å². The number of nitrogens with zero attached hydrogens (tertiary/aromatic N) is 4. The Morgan fingerprint density at radius 3 is 1.53 bits per heavy atom. The summed E-state index contributed by atoms with van der Waals surface area (Å²) in [6.07, 6.45) is 1.99. The van der Waals surface area contributed by atoms with E-state index in [1.165, 1.54) is 43.6 Å². The summed E-state index contributed by atoms with van der Waals surface area (Å²) in [6, 6.07) is 80.8. The number of aromatic nitrogens is 4. The second-order valence-corrected chi connectivity index (χ2v) is 16.6. The Labute approximate surface area is 369 Å². The van der Waals surface area contributed by atoms with Gasteiger partial charge >= 0.3 is 0 Å². The lowest BCUT2D eigenvalue weighted by Crippen LogP contribution is -1.94. The van der Waals surface area contributed by atoms with E-state index in [2.05, 4.69) is 228 Å². The molecule has 4 heterocycles. The third-order valence-corrected chi connectivity index (χ3v) is 12.9. The fraction of sp³-hybridized carbons (Fsp3) is 0. The SMILES string of the molecule is c1ccc(-n2c3ccccc3c3cc(-c4ccc5nc(-c6ccc7c(c6)c6ccccc6n7-c6ccccc6)cc(-c6cccc(-c7cnc8ccccc8c7)c6)c5c4)ccc32)cc1. The van der Waals surface area contributed by atoms with E-state index in [4.69, 9.17) is 9.97 Å². The van der Waals surface area contributed by atoms with Crippen molar-refractivity contribution >= 4 is 65.4 Å². The van der Waals surface area contributed by atoms with E-state index in [0.717, 1.165) is 77.8 Å². The first-order valence-corrected chi connectivity index (χ1v) is 21.8. The highest BCUT2D eigenvalue weighted by molar-refractivity contribution is 6.12. The molecular formula is C60H38N4. The van der Waals surface area contributed by atoms with E-state index in [9.17, 15) is 0 Å². The van der Waals surface area contributed by atoms with Crippen LogP contribution in [0.4, 0.5) is 0 Å². The van der Waals surface area contributed by atoms with Crippen LogP contribution in [0.5, 0.6) is 0 Å². The molecule has 0 unspecified atom stereocenters. The first-order valence-electron chi connectivity index (χ1n) is 21.8. The van der Waals surface area contributed by atoms with Gasteiger partial charge in [-0.2, -0.15) is 0 Å². The summed E-state index contributed by atoms with van der Waals surface area (Å²) in [6.45, 7) is 0. The highest BCUT2D eigenvalue weighted by atomic mass is 15.0. The van der Waals surface area contributed by atoms with E-state index in [1.807, 2.05) is 12.3 Å². The van der Waals surface area contributed by atoms with Gasteiger partial charge in [0.05, 0.1) is 38.8 Å². The maximum Gasteiger partial charge on any atom is 0.0716 e. The molecule has 13 rings (SSSR count). The molecular weight excluding hydrogens is 777 g/mol. The predicted octanol–water partition coefficient (Wildman–Crippen LogP) is 15.6. The van der Waals surface area contributed by atoms with Gasteiger partial charge in [0.15, 0.2) is 0 Å². The molecule has 64 heavy (non-hydrogen) atoms. The largest absolute Gasteiger partial charge is 0.309 e. The van der Waals surface area contributed by atoms with Crippen LogP contribution in [0.2, 0.25) is 0 Å². The van der Waals surface area contributed by atoms with Crippen molar-refractivity contribution in [3.63, 3.8) is 0 Å². The molecule has 0 aliphatic heterocycles. The number of para-hydroxylation sites is 5. The van der Waals surface area contributed by atoms with Gasteiger partial charge in [0, 0.05) is 61.0 Å². The Bertz CT molecular complexity index is 3950. The molecule has 0 atom stereocenters. The molecule has 4 aromatic heterocycles. The van der Waals surface area contributed by atoms with Crippen molar-refractivity contribution in [3.05, 3.63) is 231 Å². The maximum atomic E-state index is 5.44. The van der Waals surface area contributed by atoms with Crippen LogP contribution in [0, 0.1) is 0 Å².